The minimum atomic E-state index is -0.584. The number of nitrogens with one attached hydrogen (secondary N) is 2. The molecule has 2 heterocycles. The Bertz CT molecular complexity index is 864. The molecule has 1 fully saturated rings. The molecule has 0 bridgehead atoms. The van der Waals surface area contributed by atoms with Crippen molar-refractivity contribution in [1.29, 1.82) is 0 Å². The Labute approximate surface area is 163 Å². The highest BCUT2D eigenvalue weighted by atomic mass is 16.2. The second-order valence-electron chi connectivity index (χ2n) is 6.95. The lowest BCUT2D eigenvalue weighted by Gasteiger charge is -2.20. The van der Waals surface area contributed by atoms with Crippen LogP contribution in [0.15, 0.2) is 36.5 Å². The molecule has 1 aliphatic heterocycles. The maximum atomic E-state index is 12.4. The predicted molar refractivity (Wildman–Crippen MR) is 107 cm³/mol. The average Bonchev–Trinajstić information content (AvgIpc) is 2.88. The van der Waals surface area contributed by atoms with Crippen LogP contribution in [-0.2, 0) is 7.05 Å². The van der Waals surface area contributed by atoms with Gasteiger partial charge < -0.3 is 25.8 Å². The molecule has 4 N–H and O–H groups in total. The van der Waals surface area contributed by atoms with Gasteiger partial charge in [0.2, 0.25) is 5.91 Å². The van der Waals surface area contributed by atoms with Crippen molar-refractivity contribution in [3.8, 4) is 0 Å². The van der Waals surface area contributed by atoms with Crippen molar-refractivity contribution >= 4 is 29.2 Å². The molecule has 8 nitrogen and oxygen atoms in total. The number of urea groups is 1. The minimum absolute atomic E-state index is 0.0959. The average molecular weight is 383 g/mol. The van der Waals surface area contributed by atoms with Crippen LogP contribution in [-0.4, -0.2) is 40.4 Å². The third-order valence-electron chi connectivity index (χ3n) is 4.81. The fourth-order valence-corrected chi connectivity index (χ4v) is 3.23. The van der Waals surface area contributed by atoms with Crippen molar-refractivity contribution in [2.75, 3.05) is 23.7 Å². The molecular formula is C20H25N5O3. The SMILES string of the molecule is Cn1cc(C(N)=O)cc1C(=O)Nc1ccc(NC(=O)N2CCCCCC2)cc1. The summed E-state index contributed by atoms with van der Waals surface area (Å²) < 4.78 is 1.55. The number of rotatable bonds is 4. The van der Waals surface area contributed by atoms with Crippen LogP contribution in [0, 0.1) is 0 Å². The normalized spacial score (nSPS) is 14.2. The van der Waals surface area contributed by atoms with Crippen LogP contribution in [0.4, 0.5) is 16.2 Å². The summed E-state index contributed by atoms with van der Waals surface area (Å²) in [6, 6.07) is 8.27. The van der Waals surface area contributed by atoms with E-state index in [0.717, 1.165) is 25.9 Å². The molecule has 1 aromatic heterocycles. The van der Waals surface area contributed by atoms with Gasteiger partial charge >= 0.3 is 6.03 Å². The van der Waals surface area contributed by atoms with Crippen LogP contribution in [0.2, 0.25) is 0 Å². The number of hydrogen-bond donors (Lipinski definition) is 3. The number of benzene rings is 1. The first kappa shape index (κ1) is 19.5. The third kappa shape index (κ3) is 4.70. The van der Waals surface area contributed by atoms with Crippen LogP contribution < -0.4 is 16.4 Å². The van der Waals surface area contributed by atoms with E-state index in [9.17, 15) is 14.4 Å². The van der Waals surface area contributed by atoms with E-state index in [1.54, 1.807) is 35.9 Å². The Hall–Kier alpha value is -3.29. The molecule has 1 saturated heterocycles. The Morgan fingerprint density at radius 1 is 0.929 bits per heavy atom. The van der Waals surface area contributed by atoms with Crippen LogP contribution in [0.3, 0.4) is 0 Å². The summed E-state index contributed by atoms with van der Waals surface area (Å²) in [4.78, 5) is 37.9. The summed E-state index contributed by atoms with van der Waals surface area (Å²) in [7, 11) is 1.67. The number of primary amides is 1. The van der Waals surface area contributed by atoms with E-state index in [0.29, 0.717) is 17.1 Å². The van der Waals surface area contributed by atoms with E-state index in [4.69, 9.17) is 5.73 Å². The molecule has 0 spiro atoms. The van der Waals surface area contributed by atoms with E-state index in [1.165, 1.54) is 25.1 Å². The minimum Gasteiger partial charge on any atom is -0.366 e. The number of carbonyl (C=O) groups excluding carboxylic acids is 3. The number of anilines is 2. The molecule has 0 unspecified atom stereocenters. The summed E-state index contributed by atoms with van der Waals surface area (Å²) in [5.41, 5.74) is 7.10. The van der Waals surface area contributed by atoms with Crippen LogP contribution in [0.1, 0.15) is 46.5 Å². The first-order valence-corrected chi connectivity index (χ1v) is 9.37. The van der Waals surface area contributed by atoms with Gasteiger partial charge in [0.1, 0.15) is 5.69 Å². The molecule has 3 rings (SSSR count). The molecule has 0 aliphatic carbocycles. The van der Waals surface area contributed by atoms with Gasteiger partial charge in [-0.25, -0.2) is 4.79 Å². The molecule has 8 heteroatoms. The third-order valence-corrected chi connectivity index (χ3v) is 4.81. The van der Waals surface area contributed by atoms with Gasteiger partial charge in [-0.05, 0) is 43.2 Å². The number of hydrogen-bond acceptors (Lipinski definition) is 3. The van der Waals surface area contributed by atoms with E-state index in [-0.39, 0.29) is 17.5 Å². The van der Waals surface area contributed by atoms with Crippen molar-refractivity contribution < 1.29 is 14.4 Å². The Kier molecular flexibility index (Phi) is 5.98. The highest BCUT2D eigenvalue weighted by molar-refractivity contribution is 6.05. The van der Waals surface area contributed by atoms with E-state index in [2.05, 4.69) is 10.6 Å². The molecule has 0 saturated carbocycles. The summed E-state index contributed by atoms with van der Waals surface area (Å²) in [6.07, 6.45) is 5.92. The van der Waals surface area contributed by atoms with Gasteiger partial charge in [0.05, 0.1) is 5.56 Å². The maximum absolute atomic E-state index is 12.4. The Morgan fingerprint density at radius 3 is 2.04 bits per heavy atom. The van der Waals surface area contributed by atoms with E-state index < -0.39 is 5.91 Å². The molecule has 1 aliphatic rings. The van der Waals surface area contributed by atoms with Crippen LogP contribution >= 0.6 is 0 Å². The highest BCUT2D eigenvalue weighted by Crippen LogP contribution is 2.17. The quantitative estimate of drug-likeness (QED) is 0.755. The van der Waals surface area contributed by atoms with Crippen molar-refractivity contribution in [1.82, 2.24) is 9.47 Å². The van der Waals surface area contributed by atoms with Crippen LogP contribution in [0.5, 0.6) is 0 Å². The molecule has 2 aromatic rings. The predicted octanol–water partition coefficient (Wildman–Crippen LogP) is 2.78. The van der Waals surface area contributed by atoms with E-state index in [1.807, 2.05) is 4.90 Å². The zero-order chi connectivity index (χ0) is 20.1. The number of carbonyl (C=O) groups is 3. The van der Waals surface area contributed by atoms with Gasteiger partial charge in [-0.1, -0.05) is 12.8 Å². The molecule has 1 aromatic carbocycles. The van der Waals surface area contributed by atoms with Crippen molar-refractivity contribution in [3.63, 3.8) is 0 Å². The van der Waals surface area contributed by atoms with Gasteiger partial charge in [0.25, 0.3) is 5.91 Å². The number of aryl methyl sites for hydroxylation is 1. The van der Waals surface area contributed by atoms with Gasteiger partial charge in [0.15, 0.2) is 0 Å². The lowest BCUT2D eigenvalue weighted by atomic mass is 10.2. The number of likely N-dealkylation sites (tertiary alicyclic amines) is 1. The van der Waals surface area contributed by atoms with Gasteiger partial charge in [-0.2, -0.15) is 0 Å². The number of nitrogens with two attached hydrogens (primary N) is 1. The lowest BCUT2D eigenvalue weighted by molar-refractivity contribution is 0.0998. The fraction of sp³-hybridized carbons (Fsp3) is 0.350. The van der Waals surface area contributed by atoms with Crippen molar-refractivity contribution in [2.45, 2.75) is 25.7 Å². The monoisotopic (exact) mass is 383 g/mol. The standard InChI is InChI=1S/C20H25N5O3/c1-24-13-14(18(21)26)12-17(24)19(27)22-15-6-8-16(9-7-15)23-20(28)25-10-4-2-3-5-11-25/h6-9,12-13H,2-5,10-11H2,1H3,(H2,21,26)(H,22,27)(H,23,28). The Morgan fingerprint density at radius 2 is 1.50 bits per heavy atom. The first-order valence-electron chi connectivity index (χ1n) is 9.37. The lowest BCUT2D eigenvalue weighted by Crippen LogP contribution is -2.35. The fourth-order valence-electron chi connectivity index (χ4n) is 3.23. The van der Waals surface area contributed by atoms with Gasteiger partial charge in [-0.15, -0.1) is 0 Å². The molecule has 0 radical (unpaired) electrons. The maximum Gasteiger partial charge on any atom is 0.321 e. The zero-order valence-corrected chi connectivity index (χ0v) is 15.9. The molecule has 0 atom stereocenters. The summed E-state index contributed by atoms with van der Waals surface area (Å²) >= 11 is 0. The smallest absolute Gasteiger partial charge is 0.321 e. The largest absolute Gasteiger partial charge is 0.366 e. The number of aromatic nitrogens is 1. The molecule has 28 heavy (non-hydrogen) atoms. The topological polar surface area (TPSA) is 109 Å². The summed E-state index contributed by atoms with van der Waals surface area (Å²) in [5, 5.41) is 5.66. The second-order valence-corrected chi connectivity index (χ2v) is 6.95. The van der Waals surface area contributed by atoms with Crippen molar-refractivity contribution in [3.05, 3.63) is 47.8 Å². The van der Waals surface area contributed by atoms with Crippen molar-refractivity contribution in [2.24, 2.45) is 12.8 Å². The molecule has 148 valence electrons. The Balaban J connectivity index is 1.60. The first-order chi connectivity index (χ1) is 13.4. The highest BCUT2D eigenvalue weighted by Gasteiger charge is 2.16. The van der Waals surface area contributed by atoms with Gasteiger partial charge in [0, 0.05) is 37.7 Å². The molecular weight excluding hydrogens is 358 g/mol. The second kappa shape index (κ2) is 8.60. The van der Waals surface area contributed by atoms with Crippen LogP contribution in [0.25, 0.3) is 0 Å². The molecule has 4 amide bonds. The van der Waals surface area contributed by atoms with Gasteiger partial charge in [-0.3, -0.25) is 9.59 Å². The number of nitrogens with zero attached hydrogens (tertiary/aromatic N) is 2. The zero-order valence-electron chi connectivity index (χ0n) is 15.9. The summed E-state index contributed by atoms with van der Waals surface area (Å²) in [6.45, 7) is 1.56. The van der Waals surface area contributed by atoms with E-state index >= 15 is 0 Å². The summed E-state index contributed by atoms with van der Waals surface area (Å²) in [5.74, 6) is -0.935. The number of amides is 4.